The fourth-order valence-corrected chi connectivity index (χ4v) is 4.82. The first-order chi connectivity index (χ1) is 19.3. The van der Waals surface area contributed by atoms with Crippen molar-refractivity contribution in [3.05, 3.63) is 76.7 Å². The van der Waals surface area contributed by atoms with Gasteiger partial charge in [0.05, 0.1) is 16.9 Å². The van der Waals surface area contributed by atoms with Gasteiger partial charge in [0.1, 0.15) is 24.6 Å². The van der Waals surface area contributed by atoms with E-state index in [2.05, 4.69) is 15.7 Å². The Hall–Kier alpha value is -3.92. The van der Waals surface area contributed by atoms with E-state index in [1.165, 1.54) is 18.3 Å². The molecule has 1 heterocycles. The Morgan fingerprint density at radius 1 is 1.12 bits per heavy atom. The molecule has 1 fully saturated rings. The van der Waals surface area contributed by atoms with Gasteiger partial charge < -0.3 is 20.1 Å². The maximum absolute atomic E-state index is 14.5. The molecule has 40 heavy (non-hydrogen) atoms. The van der Waals surface area contributed by atoms with E-state index in [1.54, 1.807) is 16.8 Å². The first kappa shape index (κ1) is 29.1. The predicted octanol–water partition coefficient (Wildman–Crippen LogP) is 5.26. The van der Waals surface area contributed by atoms with Crippen molar-refractivity contribution < 1.29 is 28.2 Å². The van der Waals surface area contributed by atoms with Gasteiger partial charge in [-0.3, -0.25) is 9.48 Å². The molecule has 1 saturated carbocycles. The monoisotopic (exact) mass is 570 g/mol. The highest BCUT2D eigenvalue weighted by Gasteiger charge is 2.28. The minimum Gasteiger partial charge on any atom is -0.461 e. The molecule has 1 aliphatic carbocycles. The SMILES string of the molecule is CCn1ncc(Cl)c1-c1cc(F)cc(C(=O)NC[C@@H](NC(=O)OCc2ccccc2)C(=O)OC2CCCCC2)c1. The number of nitrogens with one attached hydrogen (secondary N) is 2. The molecule has 1 aliphatic rings. The zero-order chi connectivity index (χ0) is 28.5. The summed E-state index contributed by atoms with van der Waals surface area (Å²) in [6, 6.07) is 11.7. The third-order valence-electron chi connectivity index (χ3n) is 6.62. The lowest BCUT2D eigenvalue weighted by Gasteiger charge is -2.25. The number of carbonyl (C=O) groups excluding carboxylic acids is 3. The molecule has 2 N–H and O–H groups in total. The molecule has 0 aliphatic heterocycles. The van der Waals surface area contributed by atoms with Gasteiger partial charge >= 0.3 is 12.1 Å². The molecule has 1 atom stereocenters. The third-order valence-corrected chi connectivity index (χ3v) is 6.90. The molecule has 11 heteroatoms. The standard InChI is InChI=1S/C29H32ClFN4O5/c1-2-35-26(24(30)16-33-35)20-13-21(15-22(31)14-20)27(36)32-17-25(28(37)40-23-11-7-4-8-12-23)34-29(38)39-18-19-9-5-3-6-10-19/h3,5-6,9-10,13-16,23,25H,2,4,7-8,11-12,17-18H2,1H3,(H,32,36)(H,34,38)/t25-/m1/s1. The Morgan fingerprint density at radius 3 is 2.60 bits per heavy atom. The van der Waals surface area contributed by atoms with Crippen LogP contribution in [0.5, 0.6) is 0 Å². The summed E-state index contributed by atoms with van der Waals surface area (Å²) in [7, 11) is 0. The molecule has 2 aromatic carbocycles. The number of hydrogen-bond donors (Lipinski definition) is 2. The van der Waals surface area contributed by atoms with Crippen molar-refractivity contribution >= 4 is 29.6 Å². The number of rotatable bonds is 10. The normalized spacial score (nSPS) is 14.3. The van der Waals surface area contributed by atoms with E-state index in [-0.39, 0.29) is 24.8 Å². The molecular formula is C29H32ClFN4O5. The highest BCUT2D eigenvalue weighted by molar-refractivity contribution is 6.33. The Labute approximate surface area is 237 Å². The largest absolute Gasteiger partial charge is 0.461 e. The van der Waals surface area contributed by atoms with Crippen LogP contribution in [-0.4, -0.2) is 46.4 Å². The quantitative estimate of drug-likeness (QED) is 0.322. The molecule has 4 rings (SSSR count). The second kappa shape index (κ2) is 13.9. The lowest BCUT2D eigenvalue weighted by Crippen LogP contribution is -2.50. The third kappa shape index (κ3) is 7.81. The van der Waals surface area contributed by atoms with Gasteiger partial charge in [-0.15, -0.1) is 0 Å². The molecule has 0 spiro atoms. The van der Waals surface area contributed by atoms with Gasteiger partial charge in [0.2, 0.25) is 0 Å². The lowest BCUT2D eigenvalue weighted by molar-refractivity contribution is -0.152. The fourth-order valence-electron chi connectivity index (χ4n) is 4.57. The Morgan fingerprint density at radius 2 is 1.88 bits per heavy atom. The van der Waals surface area contributed by atoms with Crippen LogP contribution in [-0.2, 0) is 27.4 Å². The lowest BCUT2D eigenvalue weighted by atomic mass is 9.98. The minimum absolute atomic E-state index is 0.00635. The van der Waals surface area contributed by atoms with Crippen LogP contribution in [0.1, 0.15) is 54.9 Å². The van der Waals surface area contributed by atoms with Gasteiger partial charge in [0.15, 0.2) is 0 Å². The van der Waals surface area contributed by atoms with E-state index in [0.717, 1.165) is 43.7 Å². The van der Waals surface area contributed by atoms with Crippen LogP contribution in [0, 0.1) is 5.82 Å². The van der Waals surface area contributed by atoms with E-state index in [9.17, 15) is 18.8 Å². The van der Waals surface area contributed by atoms with Crippen LogP contribution < -0.4 is 10.6 Å². The van der Waals surface area contributed by atoms with E-state index < -0.39 is 29.8 Å². The second-order valence-corrected chi connectivity index (χ2v) is 9.96. The van der Waals surface area contributed by atoms with Gasteiger partial charge in [0.25, 0.3) is 5.91 Å². The number of aryl methyl sites for hydroxylation is 1. The summed E-state index contributed by atoms with van der Waals surface area (Å²) >= 11 is 6.26. The van der Waals surface area contributed by atoms with E-state index >= 15 is 0 Å². The summed E-state index contributed by atoms with van der Waals surface area (Å²) in [6.45, 7) is 2.08. The smallest absolute Gasteiger partial charge is 0.408 e. The number of carbonyl (C=O) groups is 3. The summed E-state index contributed by atoms with van der Waals surface area (Å²) in [5.41, 5.74) is 1.65. The second-order valence-electron chi connectivity index (χ2n) is 9.55. The molecule has 9 nitrogen and oxygen atoms in total. The van der Waals surface area contributed by atoms with Crippen molar-refractivity contribution in [2.45, 2.75) is 64.3 Å². The van der Waals surface area contributed by atoms with Crippen LogP contribution in [0.15, 0.2) is 54.7 Å². The zero-order valence-electron chi connectivity index (χ0n) is 22.2. The Balaban J connectivity index is 1.45. The van der Waals surface area contributed by atoms with Crippen molar-refractivity contribution in [2.24, 2.45) is 0 Å². The molecule has 0 saturated heterocycles. The van der Waals surface area contributed by atoms with E-state index in [4.69, 9.17) is 21.1 Å². The number of hydrogen-bond acceptors (Lipinski definition) is 6. The van der Waals surface area contributed by atoms with E-state index in [0.29, 0.717) is 22.8 Å². The van der Waals surface area contributed by atoms with Gasteiger partial charge in [0, 0.05) is 24.2 Å². The number of ether oxygens (including phenoxy) is 2. The van der Waals surface area contributed by atoms with E-state index in [1.807, 2.05) is 25.1 Å². The molecule has 0 bridgehead atoms. The number of halogens is 2. The first-order valence-corrected chi connectivity index (χ1v) is 13.7. The average Bonchev–Trinajstić information content (AvgIpc) is 3.35. The topological polar surface area (TPSA) is 112 Å². The first-order valence-electron chi connectivity index (χ1n) is 13.3. The Bertz CT molecular complexity index is 1330. The van der Waals surface area contributed by atoms with Crippen molar-refractivity contribution in [1.82, 2.24) is 20.4 Å². The van der Waals surface area contributed by atoms with Crippen LogP contribution in [0.4, 0.5) is 9.18 Å². The summed E-state index contributed by atoms with van der Waals surface area (Å²) in [5.74, 6) is -1.96. The van der Waals surface area contributed by atoms with Gasteiger partial charge in [-0.2, -0.15) is 5.10 Å². The van der Waals surface area contributed by atoms with Crippen LogP contribution in [0.3, 0.4) is 0 Å². The number of nitrogens with zero attached hydrogens (tertiary/aromatic N) is 2. The summed E-state index contributed by atoms with van der Waals surface area (Å²) < 4.78 is 27.0. The van der Waals surface area contributed by atoms with Crippen molar-refractivity contribution in [3.8, 4) is 11.3 Å². The highest BCUT2D eigenvalue weighted by Crippen LogP contribution is 2.29. The van der Waals surface area contributed by atoms with Crippen molar-refractivity contribution in [2.75, 3.05) is 6.54 Å². The number of amides is 2. The number of aromatic nitrogens is 2. The van der Waals surface area contributed by atoms with Crippen LogP contribution in [0.2, 0.25) is 5.02 Å². The summed E-state index contributed by atoms with van der Waals surface area (Å²) in [4.78, 5) is 38.6. The average molecular weight is 571 g/mol. The van der Waals surface area contributed by atoms with Crippen molar-refractivity contribution in [1.29, 1.82) is 0 Å². The van der Waals surface area contributed by atoms with Gasteiger partial charge in [-0.05, 0) is 56.4 Å². The molecular weight excluding hydrogens is 539 g/mol. The Kier molecular flexibility index (Phi) is 10.1. The minimum atomic E-state index is -1.21. The molecule has 0 unspecified atom stereocenters. The molecule has 0 radical (unpaired) electrons. The zero-order valence-corrected chi connectivity index (χ0v) is 23.0. The number of alkyl carbamates (subject to hydrolysis) is 1. The van der Waals surface area contributed by atoms with Gasteiger partial charge in [-0.1, -0.05) is 48.4 Å². The molecule has 2 amide bonds. The fraction of sp³-hybridized carbons (Fsp3) is 0.379. The summed E-state index contributed by atoms with van der Waals surface area (Å²) in [5, 5.41) is 9.59. The molecule has 3 aromatic rings. The van der Waals surface area contributed by atoms with Crippen molar-refractivity contribution in [3.63, 3.8) is 0 Å². The molecule has 212 valence electrons. The maximum Gasteiger partial charge on any atom is 0.408 e. The number of benzene rings is 2. The highest BCUT2D eigenvalue weighted by atomic mass is 35.5. The molecule has 1 aromatic heterocycles. The summed E-state index contributed by atoms with van der Waals surface area (Å²) in [6.07, 6.45) is 4.84. The number of esters is 1. The maximum atomic E-state index is 14.5. The van der Waals surface area contributed by atoms with Crippen LogP contribution >= 0.6 is 11.6 Å². The van der Waals surface area contributed by atoms with Gasteiger partial charge in [-0.25, -0.2) is 14.0 Å². The predicted molar refractivity (Wildman–Crippen MR) is 147 cm³/mol. The van der Waals surface area contributed by atoms with Crippen LogP contribution in [0.25, 0.3) is 11.3 Å².